The molecule has 1 unspecified atom stereocenters. The maximum atomic E-state index is 13.8. The fraction of sp³-hybridized carbons (Fsp3) is 0.179. The van der Waals surface area contributed by atoms with Gasteiger partial charge in [-0.2, -0.15) is 0 Å². The van der Waals surface area contributed by atoms with Crippen molar-refractivity contribution in [3.8, 4) is 5.75 Å². The van der Waals surface area contributed by atoms with Crippen molar-refractivity contribution in [1.82, 2.24) is 4.98 Å². The highest BCUT2D eigenvalue weighted by atomic mass is 32.1. The number of thiazole rings is 1. The fourth-order valence-electron chi connectivity index (χ4n) is 4.34. The molecule has 1 N–H and O–H groups in total. The van der Waals surface area contributed by atoms with E-state index in [0.717, 1.165) is 17.0 Å². The lowest BCUT2D eigenvalue weighted by atomic mass is 9.95. The minimum atomic E-state index is -0.933. The van der Waals surface area contributed by atoms with Gasteiger partial charge in [-0.25, -0.2) is 9.37 Å². The van der Waals surface area contributed by atoms with Crippen LogP contribution >= 0.6 is 11.3 Å². The number of aliphatic hydroxyl groups excluding tert-OH is 1. The highest BCUT2D eigenvalue weighted by Gasteiger charge is 2.48. The van der Waals surface area contributed by atoms with Gasteiger partial charge >= 0.3 is 5.91 Å². The van der Waals surface area contributed by atoms with Crippen LogP contribution < -0.4 is 14.5 Å². The quantitative estimate of drug-likeness (QED) is 0.206. The summed E-state index contributed by atoms with van der Waals surface area (Å²) < 4.78 is 19.9. The lowest BCUT2D eigenvalue weighted by Crippen LogP contribution is -2.29. The molecule has 7 nitrogen and oxygen atoms in total. The number of anilines is 2. The van der Waals surface area contributed by atoms with Gasteiger partial charge in [-0.15, -0.1) is 0 Å². The van der Waals surface area contributed by atoms with E-state index in [4.69, 9.17) is 4.74 Å². The summed E-state index contributed by atoms with van der Waals surface area (Å²) in [6.45, 7) is 2.28. The average molecular weight is 518 g/mol. The SMILES string of the molecule is CCOc1cccc(C(O)=C2C(=O)C(=O)N(c3nc4ccc(F)cc4s3)C2c2ccc(N(C)C)cc2)c1. The zero-order valence-corrected chi connectivity index (χ0v) is 21.3. The molecule has 1 atom stereocenters. The fourth-order valence-corrected chi connectivity index (χ4v) is 5.36. The molecule has 0 bridgehead atoms. The molecule has 1 fully saturated rings. The van der Waals surface area contributed by atoms with E-state index < -0.39 is 23.5 Å². The number of hydrogen-bond donors (Lipinski definition) is 1. The van der Waals surface area contributed by atoms with Crippen molar-refractivity contribution in [1.29, 1.82) is 0 Å². The molecule has 2 heterocycles. The lowest BCUT2D eigenvalue weighted by Gasteiger charge is -2.23. The van der Waals surface area contributed by atoms with E-state index in [0.29, 0.717) is 33.7 Å². The van der Waals surface area contributed by atoms with Crippen molar-refractivity contribution in [3.63, 3.8) is 0 Å². The Morgan fingerprint density at radius 3 is 2.57 bits per heavy atom. The van der Waals surface area contributed by atoms with E-state index in [-0.39, 0.29) is 16.5 Å². The number of rotatable bonds is 6. The molecule has 1 aromatic heterocycles. The minimum absolute atomic E-state index is 0.0540. The molecule has 9 heteroatoms. The van der Waals surface area contributed by atoms with Crippen molar-refractivity contribution in [2.75, 3.05) is 30.5 Å². The summed E-state index contributed by atoms with van der Waals surface area (Å²) in [5.41, 5.74) is 2.36. The largest absolute Gasteiger partial charge is 0.507 e. The number of carbonyl (C=O) groups excluding carboxylic acids is 2. The van der Waals surface area contributed by atoms with Crippen LogP contribution in [0.5, 0.6) is 5.75 Å². The number of carbonyl (C=O) groups is 2. The second-order valence-electron chi connectivity index (χ2n) is 8.72. The molecule has 1 aliphatic heterocycles. The highest BCUT2D eigenvalue weighted by Crippen LogP contribution is 2.44. The van der Waals surface area contributed by atoms with E-state index in [9.17, 15) is 19.1 Å². The van der Waals surface area contributed by atoms with Crippen LogP contribution in [0.3, 0.4) is 0 Å². The molecule has 1 aliphatic rings. The first-order valence-electron chi connectivity index (χ1n) is 11.7. The Labute approximate surface area is 217 Å². The molecule has 37 heavy (non-hydrogen) atoms. The average Bonchev–Trinajstić information content (AvgIpc) is 3.41. The van der Waals surface area contributed by atoms with Crippen LogP contribution in [0.15, 0.2) is 72.3 Å². The molecule has 1 saturated heterocycles. The van der Waals surface area contributed by atoms with Gasteiger partial charge in [-0.3, -0.25) is 14.5 Å². The van der Waals surface area contributed by atoms with Gasteiger partial charge in [0.15, 0.2) is 5.13 Å². The molecule has 0 spiro atoms. The molecular formula is C28H24FN3O4S. The summed E-state index contributed by atoms with van der Waals surface area (Å²) in [6.07, 6.45) is 0. The smallest absolute Gasteiger partial charge is 0.301 e. The van der Waals surface area contributed by atoms with Gasteiger partial charge < -0.3 is 14.7 Å². The van der Waals surface area contributed by atoms with Crippen molar-refractivity contribution in [3.05, 3.63) is 89.2 Å². The standard InChI is InChI=1S/C28H24FN3O4S/c1-4-36-20-7-5-6-17(14-20)25(33)23-24(16-8-11-19(12-9-16)31(2)3)32(27(35)26(23)34)28-30-21-13-10-18(29)15-22(21)37-28/h5-15,24,33H,4H2,1-3H3. The summed E-state index contributed by atoms with van der Waals surface area (Å²) in [6, 6.07) is 17.3. The summed E-state index contributed by atoms with van der Waals surface area (Å²) in [5, 5.41) is 11.6. The van der Waals surface area contributed by atoms with Gasteiger partial charge in [0, 0.05) is 25.3 Å². The summed E-state index contributed by atoms with van der Waals surface area (Å²) in [5.74, 6) is -1.85. The van der Waals surface area contributed by atoms with Gasteiger partial charge in [-0.1, -0.05) is 35.6 Å². The number of Topliss-reactive ketones (excluding diaryl/α,β-unsaturated/α-hetero) is 1. The number of aromatic nitrogens is 1. The first-order chi connectivity index (χ1) is 17.8. The summed E-state index contributed by atoms with van der Waals surface area (Å²) in [7, 11) is 3.82. The minimum Gasteiger partial charge on any atom is -0.507 e. The normalized spacial score (nSPS) is 17.0. The molecule has 188 valence electrons. The maximum absolute atomic E-state index is 13.8. The number of fused-ring (bicyclic) bond motifs is 1. The number of aliphatic hydroxyl groups is 1. The molecule has 1 amide bonds. The third-order valence-electron chi connectivity index (χ3n) is 6.13. The van der Waals surface area contributed by atoms with Crippen LogP contribution in [0, 0.1) is 5.82 Å². The Morgan fingerprint density at radius 2 is 1.86 bits per heavy atom. The molecule has 0 radical (unpaired) electrons. The third kappa shape index (κ3) is 4.42. The van der Waals surface area contributed by atoms with E-state index in [2.05, 4.69) is 4.98 Å². The Balaban J connectivity index is 1.70. The number of halogens is 1. The number of amides is 1. The maximum Gasteiger partial charge on any atom is 0.301 e. The second kappa shape index (κ2) is 9.67. The molecule has 0 saturated carbocycles. The van der Waals surface area contributed by atoms with E-state index in [1.807, 2.05) is 50.2 Å². The second-order valence-corrected chi connectivity index (χ2v) is 9.73. The van der Waals surface area contributed by atoms with Gasteiger partial charge in [0.1, 0.15) is 17.3 Å². The van der Waals surface area contributed by atoms with Crippen LogP contribution in [-0.4, -0.2) is 42.5 Å². The molecule has 5 rings (SSSR count). The van der Waals surface area contributed by atoms with E-state index in [1.54, 1.807) is 24.3 Å². The van der Waals surface area contributed by atoms with Crippen LogP contribution in [0.4, 0.5) is 15.2 Å². The van der Waals surface area contributed by atoms with Gasteiger partial charge in [-0.05, 0) is 55.0 Å². The van der Waals surface area contributed by atoms with Crippen molar-refractivity contribution < 1.29 is 23.8 Å². The topological polar surface area (TPSA) is 83.0 Å². The number of hydrogen-bond acceptors (Lipinski definition) is 7. The predicted octanol–water partition coefficient (Wildman–Crippen LogP) is 5.53. The highest BCUT2D eigenvalue weighted by molar-refractivity contribution is 7.22. The monoisotopic (exact) mass is 517 g/mol. The van der Waals surface area contributed by atoms with Crippen LogP contribution in [0.25, 0.3) is 16.0 Å². The first kappa shape index (κ1) is 24.5. The molecule has 3 aromatic carbocycles. The lowest BCUT2D eigenvalue weighted by molar-refractivity contribution is -0.132. The summed E-state index contributed by atoms with van der Waals surface area (Å²) >= 11 is 1.11. The first-order valence-corrected chi connectivity index (χ1v) is 12.5. The predicted molar refractivity (Wildman–Crippen MR) is 143 cm³/mol. The Morgan fingerprint density at radius 1 is 1.11 bits per heavy atom. The zero-order valence-electron chi connectivity index (χ0n) is 20.4. The zero-order chi connectivity index (χ0) is 26.3. The molecule has 0 aliphatic carbocycles. The summed E-state index contributed by atoms with van der Waals surface area (Å²) in [4.78, 5) is 34.6. The van der Waals surface area contributed by atoms with Crippen molar-refractivity contribution >= 4 is 49.8 Å². The number of benzene rings is 3. The number of nitrogens with zero attached hydrogens (tertiary/aromatic N) is 3. The van der Waals surface area contributed by atoms with Crippen LogP contribution in [0.1, 0.15) is 24.1 Å². The Hall–Kier alpha value is -4.24. The van der Waals surface area contributed by atoms with Gasteiger partial charge in [0.25, 0.3) is 5.78 Å². The van der Waals surface area contributed by atoms with E-state index >= 15 is 0 Å². The van der Waals surface area contributed by atoms with Crippen LogP contribution in [-0.2, 0) is 9.59 Å². The molecular weight excluding hydrogens is 493 g/mol. The number of ketones is 1. The van der Waals surface area contributed by atoms with E-state index in [1.165, 1.54) is 23.1 Å². The molecule has 4 aromatic rings. The van der Waals surface area contributed by atoms with Gasteiger partial charge in [0.05, 0.1) is 28.4 Å². The van der Waals surface area contributed by atoms with Crippen molar-refractivity contribution in [2.45, 2.75) is 13.0 Å². The Kier molecular flexibility index (Phi) is 6.39. The van der Waals surface area contributed by atoms with Crippen molar-refractivity contribution in [2.24, 2.45) is 0 Å². The third-order valence-corrected chi connectivity index (χ3v) is 7.15. The van der Waals surface area contributed by atoms with Crippen LogP contribution in [0.2, 0.25) is 0 Å². The number of ether oxygens (including phenoxy) is 1. The Bertz CT molecular complexity index is 1540. The van der Waals surface area contributed by atoms with Gasteiger partial charge in [0.2, 0.25) is 0 Å².